The van der Waals surface area contributed by atoms with Crippen LogP contribution in [0.5, 0.6) is 0 Å². The molecule has 0 aliphatic heterocycles. The Morgan fingerprint density at radius 1 is 1.43 bits per heavy atom. The van der Waals surface area contributed by atoms with Crippen LogP contribution in [0.25, 0.3) is 0 Å². The number of aryl methyl sites for hydroxylation is 1. The third kappa shape index (κ3) is 3.83. The quantitative estimate of drug-likeness (QED) is 0.680. The number of alkyl halides is 3. The number of hydrogen-bond donors (Lipinski definition) is 1. The van der Waals surface area contributed by atoms with Gasteiger partial charge in [0.2, 0.25) is 0 Å². The number of nitrogens with one attached hydrogen (secondary N) is 1. The van der Waals surface area contributed by atoms with Crippen molar-refractivity contribution in [2.45, 2.75) is 44.8 Å². The molecule has 1 heterocycles. The Hall–Kier alpha value is -1.86. The third-order valence-electron chi connectivity index (χ3n) is 3.75. The summed E-state index contributed by atoms with van der Waals surface area (Å²) in [5, 5.41) is 13.6. The van der Waals surface area contributed by atoms with Crippen LogP contribution in [0.3, 0.4) is 0 Å². The van der Waals surface area contributed by atoms with Crippen molar-refractivity contribution in [1.82, 2.24) is 4.98 Å². The molecule has 1 aromatic heterocycles. The lowest BCUT2D eigenvalue weighted by Crippen LogP contribution is -2.35. The van der Waals surface area contributed by atoms with Crippen LogP contribution in [-0.2, 0) is 0 Å². The smallest absolute Gasteiger partial charge is 0.367 e. The Morgan fingerprint density at radius 3 is 2.71 bits per heavy atom. The minimum absolute atomic E-state index is 0.0155. The molecule has 2 atom stereocenters. The van der Waals surface area contributed by atoms with Crippen LogP contribution < -0.4 is 5.32 Å². The number of aromatic nitrogens is 1. The molecule has 0 saturated heterocycles. The van der Waals surface area contributed by atoms with Crippen molar-refractivity contribution in [3.05, 3.63) is 27.9 Å². The number of anilines is 1. The Labute approximate surface area is 119 Å². The number of pyridine rings is 1. The van der Waals surface area contributed by atoms with Crippen LogP contribution in [-0.4, -0.2) is 22.1 Å². The summed E-state index contributed by atoms with van der Waals surface area (Å²) in [4.78, 5) is 14.0. The molecule has 2 rings (SSSR count). The molecule has 5 nitrogen and oxygen atoms in total. The first-order valence-corrected chi connectivity index (χ1v) is 6.71. The molecule has 1 saturated carbocycles. The van der Waals surface area contributed by atoms with Crippen molar-refractivity contribution < 1.29 is 18.1 Å². The normalized spacial score (nSPS) is 22.9. The molecule has 1 aliphatic carbocycles. The van der Waals surface area contributed by atoms with Gasteiger partial charge >= 0.3 is 6.18 Å². The SMILES string of the molecule is Cc1cc([N+](=O)[O-])cnc1NC1CCCC(C(F)(F)F)C1. The topological polar surface area (TPSA) is 68.1 Å². The molecule has 0 radical (unpaired) electrons. The summed E-state index contributed by atoms with van der Waals surface area (Å²) < 4.78 is 38.3. The summed E-state index contributed by atoms with van der Waals surface area (Å²) >= 11 is 0. The summed E-state index contributed by atoms with van der Waals surface area (Å²) in [5.41, 5.74) is 0.424. The van der Waals surface area contributed by atoms with Crippen molar-refractivity contribution >= 4 is 11.5 Å². The van der Waals surface area contributed by atoms with E-state index in [0.717, 1.165) is 6.20 Å². The molecule has 1 N–H and O–H groups in total. The molecule has 0 bridgehead atoms. The van der Waals surface area contributed by atoms with Gasteiger partial charge in [-0.3, -0.25) is 10.1 Å². The van der Waals surface area contributed by atoms with E-state index in [1.165, 1.54) is 6.07 Å². The summed E-state index contributed by atoms with van der Waals surface area (Å²) in [6.07, 6.45) is -1.73. The van der Waals surface area contributed by atoms with Gasteiger partial charge < -0.3 is 5.32 Å². The third-order valence-corrected chi connectivity index (χ3v) is 3.75. The highest BCUT2D eigenvalue weighted by Gasteiger charge is 2.42. The standard InChI is InChI=1S/C13H16F3N3O2/c1-8-5-11(19(20)21)7-17-12(8)18-10-4-2-3-9(6-10)13(14,15)16/h5,7,9-10H,2-4,6H2,1H3,(H,17,18). The van der Waals surface area contributed by atoms with Crippen molar-refractivity contribution in [2.75, 3.05) is 5.32 Å². The fourth-order valence-electron chi connectivity index (χ4n) is 2.62. The molecule has 1 fully saturated rings. The molecule has 2 unspecified atom stereocenters. The zero-order valence-electron chi connectivity index (χ0n) is 11.5. The number of nitro groups is 1. The molecular weight excluding hydrogens is 287 g/mol. The van der Waals surface area contributed by atoms with E-state index in [4.69, 9.17) is 0 Å². The van der Waals surface area contributed by atoms with Gasteiger partial charge in [0.25, 0.3) is 5.69 Å². The summed E-state index contributed by atoms with van der Waals surface area (Å²) in [7, 11) is 0. The molecule has 8 heteroatoms. The van der Waals surface area contributed by atoms with Gasteiger partial charge in [-0.05, 0) is 31.7 Å². The van der Waals surface area contributed by atoms with E-state index in [0.29, 0.717) is 24.2 Å². The molecule has 116 valence electrons. The Morgan fingerprint density at radius 2 is 2.14 bits per heavy atom. The predicted octanol–water partition coefficient (Wildman–Crippen LogP) is 3.83. The second-order valence-electron chi connectivity index (χ2n) is 5.36. The Bertz CT molecular complexity index is 534. The Kier molecular flexibility index (Phi) is 4.34. The largest absolute Gasteiger partial charge is 0.391 e. The second-order valence-corrected chi connectivity index (χ2v) is 5.36. The minimum Gasteiger partial charge on any atom is -0.367 e. The van der Waals surface area contributed by atoms with Crippen molar-refractivity contribution in [2.24, 2.45) is 5.92 Å². The van der Waals surface area contributed by atoms with Crippen LogP contribution >= 0.6 is 0 Å². The molecule has 1 aromatic rings. The van der Waals surface area contributed by atoms with E-state index >= 15 is 0 Å². The van der Waals surface area contributed by atoms with Crippen LogP contribution in [0.2, 0.25) is 0 Å². The van der Waals surface area contributed by atoms with E-state index in [1.807, 2.05) is 0 Å². The van der Waals surface area contributed by atoms with Gasteiger partial charge in [0.1, 0.15) is 12.0 Å². The maximum Gasteiger partial charge on any atom is 0.391 e. The van der Waals surface area contributed by atoms with Gasteiger partial charge in [0, 0.05) is 12.1 Å². The first-order valence-electron chi connectivity index (χ1n) is 6.71. The molecule has 21 heavy (non-hydrogen) atoms. The molecule has 0 amide bonds. The van der Waals surface area contributed by atoms with Gasteiger partial charge in [-0.25, -0.2) is 4.98 Å². The Balaban J connectivity index is 2.06. The molecular formula is C13H16F3N3O2. The minimum atomic E-state index is -4.17. The highest BCUT2D eigenvalue weighted by atomic mass is 19.4. The van der Waals surface area contributed by atoms with E-state index in [1.54, 1.807) is 6.92 Å². The first-order chi connectivity index (χ1) is 9.77. The maximum absolute atomic E-state index is 12.8. The zero-order valence-corrected chi connectivity index (χ0v) is 11.5. The fourth-order valence-corrected chi connectivity index (χ4v) is 2.62. The maximum atomic E-state index is 12.8. The highest BCUT2D eigenvalue weighted by Crippen LogP contribution is 2.38. The number of halogens is 3. The number of nitrogens with zero attached hydrogens (tertiary/aromatic N) is 2. The number of rotatable bonds is 3. The fraction of sp³-hybridized carbons (Fsp3) is 0.615. The number of hydrogen-bond acceptors (Lipinski definition) is 4. The second kappa shape index (κ2) is 5.87. The molecule has 0 aromatic carbocycles. The van der Waals surface area contributed by atoms with Gasteiger partial charge in [0.15, 0.2) is 0 Å². The van der Waals surface area contributed by atoms with Crippen molar-refractivity contribution in [3.63, 3.8) is 0 Å². The summed E-state index contributed by atoms with van der Waals surface area (Å²) in [6, 6.07) is 1.05. The average molecular weight is 303 g/mol. The first kappa shape index (κ1) is 15.5. The van der Waals surface area contributed by atoms with Crippen LogP contribution in [0.4, 0.5) is 24.7 Å². The van der Waals surface area contributed by atoms with E-state index in [2.05, 4.69) is 10.3 Å². The van der Waals surface area contributed by atoms with Gasteiger partial charge in [-0.2, -0.15) is 13.2 Å². The predicted molar refractivity (Wildman–Crippen MR) is 71.1 cm³/mol. The van der Waals surface area contributed by atoms with Crippen LogP contribution in [0, 0.1) is 23.0 Å². The summed E-state index contributed by atoms with van der Waals surface area (Å²) in [5.74, 6) is -0.879. The van der Waals surface area contributed by atoms with Gasteiger partial charge in [-0.1, -0.05) is 6.42 Å². The van der Waals surface area contributed by atoms with Crippen LogP contribution in [0.1, 0.15) is 31.2 Å². The van der Waals surface area contributed by atoms with Gasteiger partial charge in [-0.15, -0.1) is 0 Å². The highest BCUT2D eigenvalue weighted by molar-refractivity contribution is 5.48. The average Bonchev–Trinajstić information content (AvgIpc) is 2.40. The lowest BCUT2D eigenvalue weighted by atomic mass is 9.85. The van der Waals surface area contributed by atoms with Crippen molar-refractivity contribution in [1.29, 1.82) is 0 Å². The van der Waals surface area contributed by atoms with E-state index in [-0.39, 0.29) is 24.6 Å². The van der Waals surface area contributed by atoms with Crippen LogP contribution in [0.15, 0.2) is 12.3 Å². The lowest BCUT2D eigenvalue weighted by molar-refractivity contribution is -0.385. The van der Waals surface area contributed by atoms with Gasteiger partial charge in [0.05, 0.1) is 10.8 Å². The van der Waals surface area contributed by atoms with E-state index < -0.39 is 17.0 Å². The summed E-state index contributed by atoms with van der Waals surface area (Å²) in [6.45, 7) is 1.65. The van der Waals surface area contributed by atoms with Crippen molar-refractivity contribution in [3.8, 4) is 0 Å². The monoisotopic (exact) mass is 303 g/mol. The molecule has 1 aliphatic rings. The zero-order chi connectivity index (χ0) is 15.6. The van der Waals surface area contributed by atoms with E-state index in [9.17, 15) is 23.3 Å². The molecule has 0 spiro atoms. The lowest BCUT2D eigenvalue weighted by Gasteiger charge is -2.31.